The SMILES string of the molecule is Cc1c(Br)cccc1C(N)c1ccnn1C. The standard InChI is InChI=1S/C12H14BrN3/c1-8-9(4-3-5-10(8)13)12(14)11-6-7-15-16(11)2/h3-7,12H,14H2,1-2H3. The number of nitrogens with zero attached hydrogens (tertiary/aromatic N) is 2. The Hall–Kier alpha value is -1.13. The van der Waals surface area contributed by atoms with E-state index in [0.717, 1.165) is 15.7 Å². The van der Waals surface area contributed by atoms with Crippen LogP contribution in [-0.4, -0.2) is 9.78 Å². The van der Waals surface area contributed by atoms with Crippen molar-refractivity contribution < 1.29 is 0 Å². The largest absolute Gasteiger partial charge is 0.319 e. The van der Waals surface area contributed by atoms with Crippen LogP contribution >= 0.6 is 15.9 Å². The van der Waals surface area contributed by atoms with Gasteiger partial charge in [-0.2, -0.15) is 5.10 Å². The second-order valence-corrected chi connectivity index (χ2v) is 4.67. The summed E-state index contributed by atoms with van der Waals surface area (Å²) >= 11 is 3.52. The maximum Gasteiger partial charge on any atom is 0.0726 e. The van der Waals surface area contributed by atoms with Gasteiger partial charge in [0.2, 0.25) is 0 Å². The Labute approximate surface area is 103 Å². The molecule has 16 heavy (non-hydrogen) atoms. The van der Waals surface area contributed by atoms with Crippen molar-refractivity contribution in [3.8, 4) is 0 Å². The molecule has 0 radical (unpaired) electrons. The molecule has 84 valence electrons. The van der Waals surface area contributed by atoms with Crippen molar-refractivity contribution >= 4 is 15.9 Å². The van der Waals surface area contributed by atoms with E-state index in [1.807, 2.05) is 29.9 Å². The van der Waals surface area contributed by atoms with Gasteiger partial charge in [-0.3, -0.25) is 4.68 Å². The smallest absolute Gasteiger partial charge is 0.0726 e. The zero-order valence-electron chi connectivity index (χ0n) is 9.31. The number of halogens is 1. The summed E-state index contributed by atoms with van der Waals surface area (Å²) in [5.41, 5.74) is 9.56. The van der Waals surface area contributed by atoms with Gasteiger partial charge in [0.15, 0.2) is 0 Å². The van der Waals surface area contributed by atoms with Gasteiger partial charge in [0.1, 0.15) is 0 Å². The van der Waals surface area contributed by atoms with E-state index in [0.29, 0.717) is 0 Å². The van der Waals surface area contributed by atoms with Crippen LogP contribution in [0.1, 0.15) is 22.9 Å². The minimum Gasteiger partial charge on any atom is -0.319 e. The number of rotatable bonds is 2. The summed E-state index contributed by atoms with van der Waals surface area (Å²) in [6, 6.07) is 7.89. The summed E-state index contributed by atoms with van der Waals surface area (Å²) in [4.78, 5) is 0. The van der Waals surface area contributed by atoms with Gasteiger partial charge in [-0.25, -0.2) is 0 Å². The van der Waals surface area contributed by atoms with E-state index in [9.17, 15) is 0 Å². The van der Waals surface area contributed by atoms with Crippen LogP contribution in [0.4, 0.5) is 0 Å². The number of aromatic nitrogens is 2. The molecule has 0 spiro atoms. The zero-order valence-corrected chi connectivity index (χ0v) is 10.9. The first-order valence-corrected chi connectivity index (χ1v) is 5.89. The Kier molecular flexibility index (Phi) is 3.12. The lowest BCUT2D eigenvalue weighted by molar-refractivity contribution is 0.671. The average molecular weight is 280 g/mol. The molecule has 1 unspecified atom stereocenters. The van der Waals surface area contributed by atoms with Gasteiger partial charge in [0.25, 0.3) is 0 Å². The molecular weight excluding hydrogens is 266 g/mol. The molecule has 3 nitrogen and oxygen atoms in total. The molecule has 0 saturated carbocycles. The van der Waals surface area contributed by atoms with Gasteiger partial charge in [-0.05, 0) is 30.2 Å². The third-order valence-corrected chi connectivity index (χ3v) is 3.68. The Morgan fingerprint density at radius 1 is 1.38 bits per heavy atom. The van der Waals surface area contributed by atoms with Crippen LogP contribution in [0.25, 0.3) is 0 Å². The van der Waals surface area contributed by atoms with E-state index in [4.69, 9.17) is 5.73 Å². The Bertz CT molecular complexity index is 505. The van der Waals surface area contributed by atoms with Crippen molar-refractivity contribution in [2.75, 3.05) is 0 Å². The second kappa shape index (κ2) is 4.39. The number of aryl methyl sites for hydroxylation is 1. The van der Waals surface area contributed by atoms with E-state index < -0.39 is 0 Å². The van der Waals surface area contributed by atoms with Gasteiger partial charge in [0, 0.05) is 17.7 Å². The lowest BCUT2D eigenvalue weighted by Crippen LogP contribution is -2.17. The fourth-order valence-electron chi connectivity index (χ4n) is 1.81. The molecule has 2 aromatic rings. The highest BCUT2D eigenvalue weighted by Gasteiger charge is 2.15. The van der Waals surface area contributed by atoms with Crippen molar-refractivity contribution in [3.63, 3.8) is 0 Å². The zero-order chi connectivity index (χ0) is 11.7. The number of nitrogens with two attached hydrogens (primary N) is 1. The van der Waals surface area contributed by atoms with E-state index in [1.54, 1.807) is 6.20 Å². The third kappa shape index (κ3) is 1.90. The molecule has 0 amide bonds. The quantitative estimate of drug-likeness (QED) is 0.918. The Balaban J connectivity index is 2.46. The molecule has 0 aliphatic rings. The molecule has 0 aliphatic heterocycles. The molecule has 0 aliphatic carbocycles. The van der Waals surface area contributed by atoms with E-state index in [2.05, 4.69) is 34.0 Å². The minimum atomic E-state index is -0.134. The highest BCUT2D eigenvalue weighted by molar-refractivity contribution is 9.10. The molecule has 1 atom stereocenters. The van der Waals surface area contributed by atoms with Crippen molar-refractivity contribution in [1.29, 1.82) is 0 Å². The first-order valence-electron chi connectivity index (χ1n) is 5.09. The molecule has 1 heterocycles. The average Bonchev–Trinajstić information content (AvgIpc) is 2.68. The summed E-state index contributed by atoms with van der Waals surface area (Å²) < 4.78 is 2.90. The summed E-state index contributed by atoms with van der Waals surface area (Å²) in [6.45, 7) is 2.07. The maximum atomic E-state index is 6.25. The first-order chi connectivity index (χ1) is 7.61. The maximum absolute atomic E-state index is 6.25. The molecular formula is C12H14BrN3. The van der Waals surface area contributed by atoms with Crippen LogP contribution in [0.5, 0.6) is 0 Å². The lowest BCUT2D eigenvalue weighted by atomic mass is 10.00. The monoisotopic (exact) mass is 279 g/mol. The van der Waals surface area contributed by atoms with Gasteiger partial charge in [0.05, 0.1) is 11.7 Å². The van der Waals surface area contributed by atoms with E-state index >= 15 is 0 Å². The topological polar surface area (TPSA) is 43.8 Å². The third-order valence-electron chi connectivity index (χ3n) is 2.82. The van der Waals surface area contributed by atoms with Crippen LogP contribution in [-0.2, 0) is 7.05 Å². The molecule has 1 aromatic carbocycles. The van der Waals surface area contributed by atoms with Crippen molar-refractivity contribution in [1.82, 2.24) is 9.78 Å². The van der Waals surface area contributed by atoms with Crippen LogP contribution in [0.3, 0.4) is 0 Å². The highest BCUT2D eigenvalue weighted by atomic mass is 79.9. The minimum absolute atomic E-state index is 0.134. The number of hydrogen-bond donors (Lipinski definition) is 1. The summed E-state index contributed by atoms with van der Waals surface area (Å²) in [6.07, 6.45) is 1.77. The Morgan fingerprint density at radius 2 is 2.12 bits per heavy atom. The molecule has 0 bridgehead atoms. The molecule has 1 aromatic heterocycles. The molecule has 0 saturated heterocycles. The predicted molar refractivity (Wildman–Crippen MR) is 68.1 cm³/mol. The van der Waals surface area contributed by atoms with Gasteiger partial charge in [-0.1, -0.05) is 28.1 Å². The second-order valence-electron chi connectivity index (χ2n) is 3.81. The summed E-state index contributed by atoms with van der Waals surface area (Å²) in [5.74, 6) is 0. The summed E-state index contributed by atoms with van der Waals surface area (Å²) in [5, 5.41) is 4.14. The van der Waals surface area contributed by atoms with Crippen LogP contribution in [0, 0.1) is 6.92 Å². The number of benzene rings is 1. The molecule has 2 rings (SSSR count). The molecule has 0 fully saturated rings. The first kappa shape index (κ1) is 11.4. The van der Waals surface area contributed by atoms with Crippen molar-refractivity contribution in [2.24, 2.45) is 12.8 Å². The molecule has 4 heteroatoms. The highest BCUT2D eigenvalue weighted by Crippen LogP contribution is 2.26. The Morgan fingerprint density at radius 3 is 2.75 bits per heavy atom. The van der Waals surface area contributed by atoms with Gasteiger partial charge in [-0.15, -0.1) is 0 Å². The van der Waals surface area contributed by atoms with E-state index in [1.165, 1.54) is 5.56 Å². The predicted octanol–water partition coefficient (Wildman–Crippen LogP) is 2.54. The fraction of sp³-hybridized carbons (Fsp3) is 0.250. The van der Waals surface area contributed by atoms with Gasteiger partial charge >= 0.3 is 0 Å². The van der Waals surface area contributed by atoms with Gasteiger partial charge < -0.3 is 5.73 Å². The van der Waals surface area contributed by atoms with Crippen molar-refractivity contribution in [2.45, 2.75) is 13.0 Å². The molecule has 2 N–H and O–H groups in total. The van der Waals surface area contributed by atoms with E-state index in [-0.39, 0.29) is 6.04 Å². The summed E-state index contributed by atoms with van der Waals surface area (Å²) in [7, 11) is 1.91. The van der Waals surface area contributed by atoms with Crippen molar-refractivity contribution in [3.05, 3.63) is 51.8 Å². The fourth-order valence-corrected chi connectivity index (χ4v) is 2.19. The normalized spacial score (nSPS) is 12.8. The van der Waals surface area contributed by atoms with Crippen LogP contribution in [0.2, 0.25) is 0 Å². The lowest BCUT2D eigenvalue weighted by Gasteiger charge is -2.15. The van der Waals surface area contributed by atoms with Crippen LogP contribution in [0.15, 0.2) is 34.9 Å². The number of hydrogen-bond acceptors (Lipinski definition) is 2. The van der Waals surface area contributed by atoms with Crippen LogP contribution < -0.4 is 5.73 Å².